The van der Waals surface area contributed by atoms with Crippen LogP contribution in [0.1, 0.15) is 13.8 Å². The Morgan fingerprint density at radius 1 is 1.47 bits per heavy atom. The molecule has 0 aromatic carbocycles. The second-order valence-electron chi connectivity index (χ2n) is 4.43. The van der Waals surface area contributed by atoms with Gasteiger partial charge in [0.25, 0.3) is 10.0 Å². The molecule has 0 aliphatic rings. The first kappa shape index (κ1) is 15.8. The van der Waals surface area contributed by atoms with Crippen molar-refractivity contribution in [2.75, 3.05) is 19.1 Å². The minimum Gasteiger partial charge on any atom is -0.383 e. The standard InChI is InChI=1S/C11H20N4O3S/c1-8(2)10(7-18-3)15-19(16,17)11-9(14-12)5-4-6-13-11/h4-6,8,10,14-15H,7,12H2,1-3H3. The summed E-state index contributed by atoms with van der Waals surface area (Å²) >= 11 is 0. The molecule has 1 unspecified atom stereocenters. The molecule has 0 aliphatic carbocycles. The van der Waals surface area contributed by atoms with E-state index in [1.165, 1.54) is 13.3 Å². The molecule has 0 amide bonds. The van der Waals surface area contributed by atoms with Crippen molar-refractivity contribution in [1.29, 1.82) is 0 Å². The highest BCUT2D eigenvalue weighted by atomic mass is 32.2. The molecule has 1 aromatic rings. The summed E-state index contributed by atoms with van der Waals surface area (Å²) in [5.41, 5.74) is 2.57. The fourth-order valence-corrected chi connectivity index (χ4v) is 2.98. The number of nitrogens with one attached hydrogen (secondary N) is 2. The van der Waals surface area contributed by atoms with E-state index >= 15 is 0 Å². The van der Waals surface area contributed by atoms with Gasteiger partial charge in [0, 0.05) is 19.3 Å². The van der Waals surface area contributed by atoms with Crippen LogP contribution in [0.15, 0.2) is 23.4 Å². The first-order valence-corrected chi connectivity index (χ1v) is 7.33. The molecule has 0 radical (unpaired) electrons. The van der Waals surface area contributed by atoms with Crippen molar-refractivity contribution in [3.8, 4) is 0 Å². The smallest absolute Gasteiger partial charge is 0.260 e. The largest absolute Gasteiger partial charge is 0.383 e. The van der Waals surface area contributed by atoms with E-state index in [1.807, 2.05) is 13.8 Å². The number of hydrazine groups is 1. The van der Waals surface area contributed by atoms with Gasteiger partial charge in [-0.2, -0.15) is 0 Å². The molecule has 1 atom stereocenters. The lowest BCUT2D eigenvalue weighted by atomic mass is 10.1. The number of methoxy groups -OCH3 is 1. The van der Waals surface area contributed by atoms with Gasteiger partial charge in [0.1, 0.15) is 0 Å². The first-order chi connectivity index (χ1) is 8.92. The predicted octanol–water partition coefficient (Wildman–Crippen LogP) is 0.317. The van der Waals surface area contributed by atoms with Crippen molar-refractivity contribution < 1.29 is 13.2 Å². The summed E-state index contributed by atoms with van der Waals surface area (Å²) in [7, 11) is -2.23. The van der Waals surface area contributed by atoms with Gasteiger partial charge in [0.05, 0.1) is 12.3 Å². The highest BCUT2D eigenvalue weighted by Gasteiger charge is 2.25. The van der Waals surface area contributed by atoms with Crippen LogP contribution in [0.25, 0.3) is 0 Å². The number of nitrogen functional groups attached to an aromatic ring is 1. The van der Waals surface area contributed by atoms with Crippen LogP contribution in [0.4, 0.5) is 5.69 Å². The maximum absolute atomic E-state index is 12.3. The lowest BCUT2D eigenvalue weighted by Gasteiger charge is -2.21. The fourth-order valence-electron chi connectivity index (χ4n) is 1.51. The lowest BCUT2D eigenvalue weighted by Crippen LogP contribution is -2.42. The molecule has 0 spiro atoms. The third-order valence-corrected chi connectivity index (χ3v) is 4.09. The van der Waals surface area contributed by atoms with E-state index < -0.39 is 10.0 Å². The van der Waals surface area contributed by atoms with Crippen LogP contribution < -0.4 is 16.0 Å². The number of sulfonamides is 1. The van der Waals surface area contributed by atoms with Gasteiger partial charge in [-0.3, -0.25) is 5.84 Å². The van der Waals surface area contributed by atoms with Crippen LogP contribution in [-0.4, -0.2) is 33.2 Å². The van der Waals surface area contributed by atoms with Crippen molar-refractivity contribution >= 4 is 15.7 Å². The molecule has 1 rings (SSSR count). The predicted molar refractivity (Wildman–Crippen MR) is 72.9 cm³/mol. The van der Waals surface area contributed by atoms with Crippen molar-refractivity contribution in [1.82, 2.24) is 9.71 Å². The van der Waals surface area contributed by atoms with Gasteiger partial charge in [0.2, 0.25) is 0 Å². The molecule has 0 fully saturated rings. The van der Waals surface area contributed by atoms with Crippen LogP contribution >= 0.6 is 0 Å². The zero-order valence-corrected chi connectivity index (χ0v) is 12.1. The topological polar surface area (TPSA) is 106 Å². The van der Waals surface area contributed by atoms with Crippen molar-refractivity contribution in [2.24, 2.45) is 11.8 Å². The maximum Gasteiger partial charge on any atom is 0.260 e. The van der Waals surface area contributed by atoms with E-state index in [4.69, 9.17) is 10.6 Å². The minimum atomic E-state index is -3.75. The molecule has 0 saturated carbocycles. The SMILES string of the molecule is COCC(NS(=O)(=O)c1ncccc1NN)C(C)C. The van der Waals surface area contributed by atoms with E-state index in [-0.39, 0.29) is 29.3 Å². The Hall–Kier alpha value is -1.22. The molecule has 1 aromatic heterocycles. The Bertz CT molecular complexity index is 504. The Morgan fingerprint density at radius 3 is 2.68 bits per heavy atom. The number of aromatic nitrogens is 1. The van der Waals surface area contributed by atoms with Crippen LogP contribution in [-0.2, 0) is 14.8 Å². The van der Waals surface area contributed by atoms with E-state index in [9.17, 15) is 8.42 Å². The van der Waals surface area contributed by atoms with Gasteiger partial charge in [-0.15, -0.1) is 0 Å². The van der Waals surface area contributed by atoms with Gasteiger partial charge in [-0.1, -0.05) is 13.8 Å². The molecule has 7 nitrogen and oxygen atoms in total. The highest BCUT2D eigenvalue weighted by molar-refractivity contribution is 7.89. The molecular formula is C11H20N4O3S. The third-order valence-electron chi connectivity index (χ3n) is 2.64. The van der Waals surface area contributed by atoms with Gasteiger partial charge in [-0.05, 0) is 18.1 Å². The van der Waals surface area contributed by atoms with E-state index in [0.29, 0.717) is 0 Å². The summed E-state index contributed by atoms with van der Waals surface area (Å²) in [6.45, 7) is 4.11. The van der Waals surface area contributed by atoms with Gasteiger partial charge < -0.3 is 10.2 Å². The van der Waals surface area contributed by atoms with E-state index in [0.717, 1.165) is 0 Å². The maximum atomic E-state index is 12.3. The van der Waals surface area contributed by atoms with E-state index in [1.54, 1.807) is 12.1 Å². The molecule has 0 aliphatic heterocycles. The molecule has 108 valence electrons. The highest BCUT2D eigenvalue weighted by Crippen LogP contribution is 2.17. The van der Waals surface area contributed by atoms with Crippen LogP contribution in [0.5, 0.6) is 0 Å². The molecular weight excluding hydrogens is 268 g/mol. The normalized spacial score (nSPS) is 13.5. The molecule has 8 heteroatoms. The fraction of sp³-hybridized carbons (Fsp3) is 0.545. The number of pyridine rings is 1. The van der Waals surface area contributed by atoms with Crippen LogP contribution in [0, 0.1) is 5.92 Å². The number of hydrogen-bond acceptors (Lipinski definition) is 6. The summed E-state index contributed by atoms with van der Waals surface area (Å²) in [5.74, 6) is 5.38. The van der Waals surface area contributed by atoms with Crippen molar-refractivity contribution in [3.63, 3.8) is 0 Å². The Labute approximate surface area is 113 Å². The first-order valence-electron chi connectivity index (χ1n) is 5.85. The number of ether oxygens (including phenoxy) is 1. The summed E-state index contributed by atoms with van der Waals surface area (Å²) in [5, 5.41) is -0.126. The quantitative estimate of drug-likeness (QED) is 0.493. The van der Waals surface area contributed by atoms with Crippen molar-refractivity contribution in [3.05, 3.63) is 18.3 Å². The molecule has 19 heavy (non-hydrogen) atoms. The molecule has 1 heterocycles. The third kappa shape index (κ3) is 4.13. The number of nitrogens with zero attached hydrogens (tertiary/aromatic N) is 1. The van der Waals surface area contributed by atoms with Crippen molar-refractivity contribution in [2.45, 2.75) is 24.9 Å². The second kappa shape index (κ2) is 6.80. The summed E-state index contributed by atoms with van der Waals surface area (Å²) < 4.78 is 32.1. The van der Waals surface area contributed by atoms with E-state index in [2.05, 4.69) is 15.1 Å². The number of rotatable bonds is 7. The lowest BCUT2D eigenvalue weighted by molar-refractivity contribution is 0.157. The van der Waals surface area contributed by atoms with Crippen LogP contribution in [0.2, 0.25) is 0 Å². The molecule has 0 saturated heterocycles. The Balaban J connectivity index is 3.03. The summed E-state index contributed by atoms with van der Waals surface area (Å²) in [4.78, 5) is 3.86. The van der Waals surface area contributed by atoms with Gasteiger partial charge >= 0.3 is 0 Å². The second-order valence-corrected chi connectivity index (χ2v) is 6.06. The van der Waals surface area contributed by atoms with Gasteiger partial charge in [-0.25, -0.2) is 18.1 Å². The minimum absolute atomic E-state index is 0.0905. The number of hydrogen-bond donors (Lipinski definition) is 3. The Morgan fingerprint density at radius 2 is 2.16 bits per heavy atom. The molecule has 0 bridgehead atoms. The average Bonchev–Trinajstić information content (AvgIpc) is 2.38. The summed E-state index contributed by atoms with van der Waals surface area (Å²) in [6, 6.07) is 2.81. The average molecular weight is 288 g/mol. The Kier molecular flexibility index (Phi) is 5.67. The molecule has 4 N–H and O–H groups in total. The monoisotopic (exact) mass is 288 g/mol. The van der Waals surface area contributed by atoms with Gasteiger partial charge in [0.15, 0.2) is 5.03 Å². The van der Waals surface area contributed by atoms with Crippen LogP contribution in [0.3, 0.4) is 0 Å². The number of anilines is 1. The zero-order valence-electron chi connectivity index (χ0n) is 11.3. The number of nitrogens with two attached hydrogens (primary N) is 1. The summed E-state index contributed by atoms with van der Waals surface area (Å²) in [6.07, 6.45) is 1.40. The zero-order chi connectivity index (χ0) is 14.5.